The van der Waals surface area contributed by atoms with E-state index in [4.69, 9.17) is 5.73 Å². The van der Waals surface area contributed by atoms with Gasteiger partial charge in [-0.3, -0.25) is 10.2 Å². The van der Waals surface area contributed by atoms with E-state index in [9.17, 15) is 8.42 Å². The zero-order valence-corrected chi connectivity index (χ0v) is 28.8. The molecule has 12 nitrogen and oxygen atoms in total. The Bertz CT molecular complexity index is 2420. The van der Waals surface area contributed by atoms with Gasteiger partial charge < -0.3 is 11.1 Å². The first-order valence-corrected chi connectivity index (χ1v) is 17.9. The van der Waals surface area contributed by atoms with E-state index in [1.165, 1.54) is 6.20 Å². The number of nitrogen functional groups attached to an aromatic ring is 1. The largest absolute Gasteiger partial charge is 0.399 e. The number of rotatable bonds is 7. The van der Waals surface area contributed by atoms with Gasteiger partial charge in [0, 0.05) is 41.2 Å². The molecule has 0 aliphatic rings. The number of aromatic amines is 2. The van der Waals surface area contributed by atoms with Crippen molar-refractivity contribution in [2.24, 2.45) is 0 Å². The van der Waals surface area contributed by atoms with Gasteiger partial charge in [0.1, 0.15) is 0 Å². The van der Waals surface area contributed by atoms with Crippen molar-refractivity contribution in [1.29, 1.82) is 0 Å². The molecule has 0 saturated carbocycles. The fraction of sp³-hybridized carbons (Fsp3) is 0.0732. The van der Waals surface area contributed by atoms with Crippen LogP contribution in [0.25, 0.3) is 45.0 Å². The zero-order chi connectivity index (χ0) is 36.2. The number of sulfone groups is 1. The van der Waals surface area contributed by atoms with Crippen molar-refractivity contribution >= 4 is 27.2 Å². The van der Waals surface area contributed by atoms with E-state index in [-0.39, 0.29) is 20.0 Å². The van der Waals surface area contributed by atoms with Crippen molar-refractivity contribution in [3.8, 4) is 45.0 Å². The molecule has 4 heterocycles. The Hall–Kier alpha value is -6.99. The molecule has 274 valence electrons. The summed E-state index contributed by atoms with van der Waals surface area (Å²) in [4.78, 5) is 16.8. The van der Waals surface area contributed by atoms with E-state index >= 15 is 0 Å². The van der Waals surface area contributed by atoms with Crippen LogP contribution in [-0.4, -0.2) is 55.0 Å². The Morgan fingerprint density at radius 2 is 1.02 bits per heavy atom. The van der Waals surface area contributed by atoms with Crippen LogP contribution in [-0.2, 0) is 9.84 Å². The van der Waals surface area contributed by atoms with Gasteiger partial charge in [-0.1, -0.05) is 112 Å². The second-order valence-electron chi connectivity index (χ2n) is 11.2. The predicted molar refractivity (Wildman–Crippen MR) is 217 cm³/mol. The molecule has 13 heteroatoms. The Labute approximate surface area is 315 Å². The lowest BCUT2D eigenvalue weighted by Crippen LogP contribution is -2.04. The summed E-state index contributed by atoms with van der Waals surface area (Å²) in [7, 11) is -3.45. The van der Waals surface area contributed by atoms with Crippen LogP contribution >= 0.6 is 0 Å². The maximum absolute atomic E-state index is 11.6. The SMILES string of the molecule is C.C.CS(=O)(=O)c1nccc(-c2[nH]ncc2-c2ccccc2)n1.Nc1ccccc1.c1ccc(Nc2nccc(-c3[nH]ncc3-c3ccccc3)n2)cc1. The molecule has 0 fully saturated rings. The molecule has 8 rings (SSSR count). The molecule has 8 aromatic rings. The first kappa shape index (κ1) is 39.8. The van der Waals surface area contributed by atoms with Crippen LogP contribution in [0.4, 0.5) is 17.3 Å². The molecule has 0 aliphatic heterocycles. The normalized spacial score (nSPS) is 10.2. The molecular weight excluding hydrogens is 697 g/mol. The number of nitrogens with zero attached hydrogens (tertiary/aromatic N) is 6. The van der Waals surface area contributed by atoms with Crippen molar-refractivity contribution < 1.29 is 8.42 Å². The van der Waals surface area contributed by atoms with Crippen molar-refractivity contribution in [2.45, 2.75) is 20.0 Å². The lowest BCUT2D eigenvalue weighted by molar-refractivity contribution is 0.593. The summed E-state index contributed by atoms with van der Waals surface area (Å²) in [5.74, 6) is 0.548. The summed E-state index contributed by atoms with van der Waals surface area (Å²) >= 11 is 0. The van der Waals surface area contributed by atoms with E-state index in [0.717, 1.165) is 51.3 Å². The highest BCUT2D eigenvalue weighted by Gasteiger charge is 2.16. The van der Waals surface area contributed by atoms with Crippen LogP contribution < -0.4 is 11.1 Å². The van der Waals surface area contributed by atoms with Crippen LogP contribution in [0.15, 0.2) is 163 Å². The van der Waals surface area contributed by atoms with Gasteiger partial charge in [0.25, 0.3) is 0 Å². The zero-order valence-electron chi connectivity index (χ0n) is 28.0. The van der Waals surface area contributed by atoms with E-state index in [2.05, 4.69) is 57.8 Å². The van der Waals surface area contributed by atoms with Gasteiger partial charge >= 0.3 is 0 Å². The number of anilines is 3. The summed E-state index contributed by atoms with van der Waals surface area (Å²) in [6.45, 7) is 0. The number of nitrogens with one attached hydrogen (secondary N) is 3. The molecule has 0 bridgehead atoms. The third-order valence-corrected chi connectivity index (χ3v) is 8.27. The molecular formula is C41H42N10O2S. The molecule has 4 aromatic heterocycles. The third-order valence-electron chi connectivity index (χ3n) is 7.41. The maximum Gasteiger partial charge on any atom is 0.247 e. The first-order valence-electron chi connectivity index (χ1n) is 16.0. The van der Waals surface area contributed by atoms with Gasteiger partial charge in [-0.15, -0.1) is 0 Å². The van der Waals surface area contributed by atoms with Gasteiger partial charge in [-0.2, -0.15) is 10.2 Å². The van der Waals surface area contributed by atoms with Crippen LogP contribution in [0.1, 0.15) is 14.9 Å². The highest BCUT2D eigenvalue weighted by atomic mass is 32.2. The average molecular weight is 739 g/mol. The monoisotopic (exact) mass is 738 g/mol. The summed E-state index contributed by atoms with van der Waals surface area (Å²) in [6, 6.07) is 42.7. The Morgan fingerprint density at radius 1 is 0.574 bits per heavy atom. The smallest absolute Gasteiger partial charge is 0.247 e. The molecule has 0 radical (unpaired) electrons. The van der Waals surface area contributed by atoms with Gasteiger partial charge in [-0.05, 0) is 47.5 Å². The van der Waals surface area contributed by atoms with Crippen molar-refractivity contribution in [3.63, 3.8) is 0 Å². The topological polar surface area (TPSA) is 181 Å². The van der Waals surface area contributed by atoms with Crippen molar-refractivity contribution in [3.05, 3.63) is 158 Å². The highest BCUT2D eigenvalue weighted by Crippen LogP contribution is 2.30. The second-order valence-corrected chi connectivity index (χ2v) is 13.1. The van der Waals surface area contributed by atoms with E-state index in [0.29, 0.717) is 17.3 Å². The number of aromatic nitrogens is 8. The lowest BCUT2D eigenvalue weighted by Gasteiger charge is -2.07. The van der Waals surface area contributed by atoms with Gasteiger partial charge in [0.05, 0.1) is 35.2 Å². The molecule has 0 spiro atoms. The van der Waals surface area contributed by atoms with Crippen molar-refractivity contribution in [2.75, 3.05) is 17.3 Å². The second kappa shape index (κ2) is 19.0. The van der Waals surface area contributed by atoms with Crippen LogP contribution in [0.5, 0.6) is 0 Å². The number of hydrogen-bond acceptors (Lipinski definition) is 10. The molecule has 0 atom stereocenters. The number of benzene rings is 4. The fourth-order valence-electron chi connectivity index (χ4n) is 4.96. The molecule has 0 saturated heterocycles. The van der Waals surface area contributed by atoms with Crippen LogP contribution in [0, 0.1) is 0 Å². The number of H-pyrrole nitrogens is 2. The Morgan fingerprint density at radius 3 is 1.48 bits per heavy atom. The molecule has 4 aromatic carbocycles. The van der Waals surface area contributed by atoms with E-state index in [1.807, 2.05) is 121 Å². The average Bonchev–Trinajstić information content (AvgIpc) is 3.88. The highest BCUT2D eigenvalue weighted by molar-refractivity contribution is 7.90. The lowest BCUT2D eigenvalue weighted by atomic mass is 10.1. The predicted octanol–water partition coefficient (Wildman–Crippen LogP) is 8.76. The minimum atomic E-state index is -3.45. The van der Waals surface area contributed by atoms with Gasteiger partial charge in [0.15, 0.2) is 0 Å². The minimum absolute atomic E-state index is 0. The van der Waals surface area contributed by atoms with Gasteiger partial charge in [-0.25, -0.2) is 28.4 Å². The van der Waals surface area contributed by atoms with Gasteiger partial charge in [0.2, 0.25) is 20.9 Å². The minimum Gasteiger partial charge on any atom is -0.399 e. The molecule has 54 heavy (non-hydrogen) atoms. The van der Waals surface area contributed by atoms with Crippen molar-refractivity contribution in [1.82, 2.24) is 40.3 Å². The Kier molecular flexibility index (Phi) is 14.0. The van der Waals surface area contributed by atoms with E-state index < -0.39 is 9.84 Å². The first-order chi connectivity index (χ1) is 25.3. The summed E-state index contributed by atoms with van der Waals surface area (Å²) in [5.41, 5.74) is 13.9. The third kappa shape index (κ3) is 10.5. The quantitative estimate of drug-likeness (QED) is 0.0911. The maximum atomic E-state index is 11.6. The molecule has 0 amide bonds. The van der Waals surface area contributed by atoms with Crippen LogP contribution in [0.2, 0.25) is 0 Å². The number of hydrogen-bond donors (Lipinski definition) is 4. The summed E-state index contributed by atoms with van der Waals surface area (Å²) in [6.07, 6.45) is 7.75. The summed E-state index contributed by atoms with van der Waals surface area (Å²) < 4.78 is 23.1. The molecule has 5 N–H and O–H groups in total. The molecule has 0 unspecified atom stereocenters. The van der Waals surface area contributed by atoms with Crippen LogP contribution in [0.3, 0.4) is 0 Å². The fourth-order valence-corrected chi connectivity index (χ4v) is 5.47. The number of nitrogens with two attached hydrogens (primary N) is 1. The number of para-hydroxylation sites is 2. The molecule has 0 aliphatic carbocycles. The standard InChI is InChI=1S/C19H15N5.C14H12N4O2S.C6H7N.2CH4/c1-3-7-14(8-4-1)16-13-21-24-18(16)17-11-12-20-19(23-17)22-15-9-5-2-6-10-15;1-21(19,20)14-15-8-7-12(17-14)13-11(9-16-18-13)10-5-3-2-4-6-10;7-6-4-2-1-3-5-6;;/h1-13H,(H,21,24)(H,20,22,23);2-9H,1H3,(H,16,18);1-5H,7H2;2*1H4. The van der Waals surface area contributed by atoms with E-state index in [1.54, 1.807) is 18.5 Å². The summed E-state index contributed by atoms with van der Waals surface area (Å²) in [5, 5.41) is 17.1. The Balaban J connectivity index is 0.000000199.